The molecule has 8 rings (SSSR count). The number of hydrogen-bond donors (Lipinski definition) is 1. The summed E-state index contributed by atoms with van der Waals surface area (Å²) < 4.78 is 35.7. The minimum absolute atomic E-state index is 0.0116. The van der Waals surface area contributed by atoms with E-state index in [0.29, 0.717) is 67.7 Å². The number of fused-ring (bicyclic) bond motifs is 7. The fourth-order valence-corrected chi connectivity index (χ4v) is 17.0. The monoisotopic (exact) mass is 857 g/mol. The standard InChI is InChI=1S/C52H76N2O6S/c1-9-59-46(56)51(35-60-45(55)38-13-11-10-12-14-38)24-17-37(18-25-51)40-20-22-48(6)42(47(40,4)5)21-23-50(8)43(48)16-15-41-44-39(36(2)3)19-26-52(44,28-27-49(41,50)7)53-29-30-54-31-33-61(57,58)34-32-54/h10-14,17,20,39,41-44,53H,2,9,15-16,18-19,21-35H2,1,3-8H3/t39?,41-,42+,43-,44-,48+,49-,50-,51-,52+/m1/s1. The molecule has 6 aliphatic carbocycles. The molecule has 7 aliphatic rings. The van der Waals surface area contributed by atoms with E-state index >= 15 is 0 Å². The molecule has 1 heterocycles. The van der Waals surface area contributed by atoms with Crippen molar-refractivity contribution in [3.8, 4) is 0 Å². The lowest BCUT2D eigenvalue weighted by Gasteiger charge is -2.72. The summed E-state index contributed by atoms with van der Waals surface area (Å²) >= 11 is 0. The molecule has 5 fully saturated rings. The maximum Gasteiger partial charge on any atom is 0.338 e. The highest BCUT2D eigenvalue weighted by atomic mass is 32.2. The van der Waals surface area contributed by atoms with Crippen molar-refractivity contribution in [2.45, 2.75) is 131 Å². The van der Waals surface area contributed by atoms with Crippen LogP contribution in [0.3, 0.4) is 0 Å². The van der Waals surface area contributed by atoms with Crippen molar-refractivity contribution in [2.24, 2.45) is 56.7 Å². The third-order valence-electron chi connectivity index (χ3n) is 19.1. The van der Waals surface area contributed by atoms with Crippen LogP contribution >= 0.6 is 0 Å². The normalized spacial score (nSPS) is 40.2. The van der Waals surface area contributed by atoms with Crippen molar-refractivity contribution in [2.75, 3.05) is 50.9 Å². The van der Waals surface area contributed by atoms with E-state index in [0.717, 1.165) is 25.9 Å². The van der Waals surface area contributed by atoms with Crippen LogP contribution in [0.25, 0.3) is 0 Å². The molecule has 4 saturated carbocycles. The van der Waals surface area contributed by atoms with Crippen LogP contribution in [0.4, 0.5) is 0 Å². The highest BCUT2D eigenvalue weighted by molar-refractivity contribution is 7.91. The van der Waals surface area contributed by atoms with Crippen molar-refractivity contribution in [3.05, 3.63) is 71.3 Å². The predicted molar refractivity (Wildman–Crippen MR) is 244 cm³/mol. The number of esters is 2. The van der Waals surface area contributed by atoms with Gasteiger partial charge in [-0.25, -0.2) is 13.2 Å². The first-order valence-electron chi connectivity index (χ1n) is 24.0. The van der Waals surface area contributed by atoms with Crippen LogP contribution in [0, 0.1) is 56.7 Å². The zero-order chi connectivity index (χ0) is 43.6. The third-order valence-corrected chi connectivity index (χ3v) is 20.8. The van der Waals surface area contributed by atoms with Crippen molar-refractivity contribution in [1.29, 1.82) is 0 Å². The third kappa shape index (κ3) is 7.54. The van der Waals surface area contributed by atoms with Gasteiger partial charge in [0.25, 0.3) is 0 Å². The first-order valence-corrected chi connectivity index (χ1v) is 25.8. The summed E-state index contributed by atoms with van der Waals surface area (Å²) in [5, 5.41) is 4.23. The topological polar surface area (TPSA) is 102 Å². The summed E-state index contributed by atoms with van der Waals surface area (Å²) in [6, 6.07) is 9.01. The molecule has 336 valence electrons. The van der Waals surface area contributed by atoms with E-state index in [-0.39, 0.29) is 51.3 Å². The Morgan fingerprint density at radius 1 is 0.852 bits per heavy atom. The average molecular weight is 857 g/mol. The second-order valence-corrected chi connectivity index (χ2v) is 24.5. The van der Waals surface area contributed by atoms with Gasteiger partial charge in [0.2, 0.25) is 0 Å². The number of carbonyl (C=O) groups is 2. The predicted octanol–water partition coefficient (Wildman–Crippen LogP) is 9.77. The molecule has 0 radical (unpaired) electrons. The van der Waals surface area contributed by atoms with Gasteiger partial charge >= 0.3 is 11.9 Å². The van der Waals surface area contributed by atoms with Crippen LogP contribution in [0.1, 0.15) is 136 Å². The number of carbonyl (C=O) groups excluding carboxylic acids is 2. The number of ether oxygens (including phenoxy) is 2. The van der Waals surface area contributed by atoms with Crippen LogP contribution in [0.5, 0.6) is 0 Å². The van der Waals surface area contributed by atoms with E-state index in [2.05, 4.69) is 70.5 Å². The Balaban J connectivity index is 1.01. The molecule has 1 aromatic rings. The Kier molecular flexibility index (Phi) is 12.0. The highest BCUT2D eigenvalue weighted by Gasteiger charge is 2.70. The van der Waals surface area contributed by atoms with E-state index in [1.54, 1.807) is 12.1 Å². The van der Waals surface area contributed by atoms with E-state index in [1.807, 2.05) is 25.1 Å². The molecule has 0 aromatic heterocycles. The van der Waals surface area contributed by atoms with Crippen LogP contribution in [0.15, 0.2) is 65.8 Å². The summed E-state index contributed by atoms with van der Waals surface area (Å²) in [7, 11) is -2.88. The van der Waals surface area contributed by atoms with Crippen molar-refractivity contribution < 1.29 is 27.5 Å². The fraction of sp³-hybridized carbons (Fsp3) is 0.731. The minimum atomic E-state index is -2.88. The number of benzene rings is 1. The highest BCUT2D eigenvalue weighted by Crippen LogP contribution is 2.76. The van der Waals surface area contributed by atoms with Crippen LogP contribution < -0.4 is 5.32 Å². The Morgan fingerprint density at radius 3 is 2.26 bits per heavy atom. The van der Waals surface area contributed by atoms with Crippen LogP contribution in [0.2, 0.25) is 0 Å². The largest absolute Gasteiger partial charge is 0.465 e. The lowest BCUT2D eigenvalue weighted by atomic mass is 9.33. The second kappa shape index (κ2) is 16.4. The van der Waals surface area contributed by atoms with Gasteiger partial charge in [-0.15, -0.1) is 0 Å². The zero-order valence-corrected chi connectivity index (χ0v) is 39.4. The molecule has 1 aliphatic heterocycles. The number of hydrogen-bond acceptors (Lipinski definition) is 8. The molecular formula is C52H76N2O6S. The Morgan fingerprint density at radius 2 is 1.59 bits per heavy atom. The van der Waals surface area contributed by atoms with Crippen LogP contribution in [-0.2, 0) is 24.1 Å². The Labute approximate surface area is 368 Å². The zero-order valence-electron chi connectivity index (χ0n) is 38.6. The van der Waals surface area contributed by atoms with Gasteiger partial charge < -0.3 is 19.7 Å². The van der Waals surface area contributed by atoms with Gasteiger partial charge in [-0.1, -0.05) is 77.1 Å². The Bertz CT molecular complexity index is 2030. The quantitative estimate of drug-likeness (QED) is 0.174. The van der Waals surface area contributed by atoms with E-state index in [1.165, 1.54) is 68.1 Å². The summed E-state index contributed by atoms with van der Waals surface area (Å²) in [4.78, 5) is 28.9. The second-order valence-electron chi connectivity index (χ2n) is 22.2. The van der Waals surface area contributed by atoms with Crippen molar-refractivity contribution >= 4 is 21.8 Å². The summed E-state index contributed by atoms with van der Waals surface area (Å²) in [6.07, 6.45) is 17.8. The molecule has 9 heteroatoms. The number of nitrogens with one attached hydrogen (secondary N) is 1. The number of sulfone groups is 1. The molecule has 10 atom stereocenters. The molecule has 1 aromatic carbocycles. The maximum absolute atomic E-state index is 13.6. The number of rotatable bonds is 11. The lowest BCUT2D eigenvalue weighted by molar-refractivity contribution is -0.221. The fourth-order valence-electron chi connectivity index (χ4n) is 15.7. The SMILES string of the molecule is C=C(C)C1CC[C@]2(NCCN3CCS(=O)(=O)CC3)CC[C@]3(C)[C@H](CC[C@@H]4[C@@]5(C)CC=C(C6=CC[C@@](COC(=O)c7ccccc7)(C(=O)OCC)CC6)C(C)(C)[C@@H]5CC[C@]43C)[C@@H]12. The molecule has 8 nitrogen and oxygen atoms in total. The van der Waals surface area contributed by atoms with Gasteiger partial charge in [-0.3, -0.25) is 4.79 Å². The number of nitrogens with zero attached hydrogens (tertiary/aromatic N) is 1. The summed E-state index contributed by atoms with van der Waals surface area (Å²) in [6.45, 7) is 25.3. The maximum atomic E-state index is 13.6. The first kappa shape index (κ1) is 44.8. The van der Waals surface area contributed by atoms with Crippen molar-refractivity contribution in [3.63, 3.8) is 0 Å². The summed E-state index contributed by atoms with van der Waals surface area (Å²) in [5.41, 5.74) is 4.60. The minimum Gasteiger partial charge on any atom is -0.465 e. The summed E-state index contributed by atoms with van der Waals surface area (Å²) in [5.74, 6) is 2.90. The first-order chi connectivity index (χ1) is 28.8. The van der Waals surface area contributed by atoms with E-state index in [4.69, 9.17) is 9.47 Å². The molecule has 1 saturated heterocycles. The molecule has 61 heavy (non-hydrogen) atoms. The molecule has 0 spiro atoms. The van der Waals surface area contributed by atoms with Crippen LogP contribution in [-0.4, -0.2) is 81.7 Å². The van der Waals surface area contributed by atoms with Gasteiger partial charge in [0.1, 0.15) is 12.0 Å². The van der Waals surface area contributed by atoms with Gasteiger partial charge in [0.05, 0.1) is 23.7 Å². The molecule has 1 N–H and O–H groups in total. The molecular weight excluding hydrogens is 781 g/mol. The van der Waals surface area contributed by atoms with Gasteiger partial charge in [0, 0.05) is 31.7 Å². The van der Waals surface area contributed by atoms with Gasteiger partial charge in [-0.2, -0.15) is 0 Å². The molecule has 0 bridgehead atoms. The molecule has 0 amide bonds. The average Bonchev–Trinajstić information content (AvgIpc) is 3.61. The smallest absolute Gasteiger partial charge is 0.338 e. The Hall–Kier alpha value is -2.75. The van der Waals surface area contributed by atoms with E-state index < -0.39 is 21.2 Å². The van der Waals surface area contributed by atoms with Gasteiger partial charge in [-0.05, 0) is 165 Å². The van der Waals surface area contributed by atoms with E-state index in [9.17, 15) is 18.0 Å². The lowest BCUT2D eigenvalue weighted by Crippen LogP contribution is -2.68. The van der Waals surface area contributed by atoms with Gasteiger partial charge in [0.15, 0.2) is 9.84 Å². The van der Waals surface area contributed by atoms with Crippen molar-refractivity contribution in [1.82, 2.24) is 10.2 Å². The number of allylic oxidation sites excluding steroid dienone is 5. The molecule has 1 unspecified atom stereocenters.